The lowest BCUT2D eigenvalue weighted by atomic mass is 9.80. The molecule has 1 N–H and O–H groups in total. The minimum Gasteiger partial charge on any atom is -0.469 e. The molecule has 1 aliphatic heterocycles. The third-order valence-electron chi connectivity index (χ3n) is 7.08. The Morgan fingerprint density at radius 2 is 1.91 bits per heavy atom. The molecular formula is C24H32F3N3O4. The molecule has 1 aliphatic carbocycles. The van der Waals surface area contributed by atoms with Gasteiger partial charge in [-0.15, -0.1) is 0 Å². The fraction of sp³-hybridized carbons (Fsp3) is 0.625. The molecule has 4 atom stereocenters. The number of esters is 1. The largest absolute Gasteiger partial charge is 0.469 e. The zero-order valence-corrected chi connectivity index (χ0v) is 19.9. The summed E-state index contributed by atoms with van der Waals surface area (Å²) in [5.41, 5.74) is -1.09. The van der Waals surface area contributed by atoms with Crippen LogP contribution in [0.15, 0.2) is 24.3 Å². The van der Waals surface area contributed by atoms with Gasteiger partial charge < -0.3 is 19.9 Å². The summed E-state index contributed by atoms with van der Waals surface area (Å²) in [7, 11) is 3.35. The smallest absolute Gasteiger partial charge is 0.416 e. The molecule has 7 nitrogen and oxygen atoms in total. The molecule has 0 aromatic heterocycles. The molecule has 1 saturated heterocycles. The molecule has 2 fully saturated rings. The third-order valence-corrected chi connectivity index (χ3v) is 7.08. The van der Waals surface area contributed by atoms with Gasteiger partial charge in [-0.25, -0.2) is 0 Å². The second-order valence-electron chi connectivity index (χ2n) is 9.35. The van der Waals surface area contributed by atoms with E-state index in [0.29, 0.717) is 31.8 Å². The zero-order chi connectivity index (χ0) is 25.2. The number of hydrogen-bond donors (Lipinski definition) is 1. The average molecular weight is 484 g/mol. The van der Waals surface area contributed by atoms with Crippen molar-refractivity contribution in [3.8, 4) is 0 Å². The lowest BCUT2D eigenvalue weighted by Gasteiger charge is -2.43. The van der Waals surface area contributed by atoms with Crippen LogP contribution in [-0.2, 0) is 20.5 Å². The molecule has 0 radical (unpaired) electrons. The Labute approximate surface area is 197 Å². The summed E-state index contributed by atoms with van der Waals surface area (Å²) in [4.78, 5) is 42.2. The number of rotatable bonds is 6. The van der Waals surface area contributed by atoms with E-state index in [-0.39, 0.29) is 29.5 Å². The molecule has 1 heterocycles. The van der Waals surface area contributed by atoms with Crippen molar-refractivity contribution in [3.63, 3.8) is 0 Å². The third kappa shape index (κ3) is 5.54. The van der Waals surface area contributed by atoms with E-state index < -0.39 is 29.6 Å². The molecule has 0 spiro atoms. The average Bonchev–Trinajstić information content (AvgIpc) is 3.16. The van der Waals surface area contributed by atoms with Gasteiger partial charge >= 0.3 is 12.1 Å². The monoisotopic (exact) mass is 483 g/mol. The van der Waals surface area contributed by atoms with Crippen molar-refractivity contribution in [3.05, 3.63) is 35.4 Å². The van der Waals surface area contributed by atoms with Gasteiger partial charge in [0.2, 0.25) is 5.91 Å². The number of likely N-dealkylation sites (tertiary alicyclic amines) is 1. The summed E-state index contributed by atoms with van der Waals surface area (Å²) >= 11 is 0. The van der Waals surface area contributed by atoms with E-state index in [1.807, 2.05) is 7.05 Å². The standard InChI is InChI=1S/C24H32F3N3O4/c1-14(2)29(3)17-8-9-20(18(13-17)23(33)34-4)30-11-10-19(22(30)32)28-21(31)15-6-5-7-16(12-15)24(25,26)27/h5-7,12,14,17-20H,8-11,13H2,1-4H3,(H,28,31)/t17-,18+,19+,20+/m1/s1. The van der Waals surface area contributed by atoms with E-state index in [1.165, 1.54) is 13.2 Å². The molecule has 2 amide bonds. The van der Waals surface area contributed by atoms with Gasteiger partial charge in [-0.05, 0) is 64.8 Å². The first-order chi connectivity index (χ1) is 15.9. The van der Waals surface area contributed by atoms with E-state index in [0.717, 1.165) is 24.6 Å². The van der Waals surface area contributed by atoms with Crippen molar-refractivity contribution in [1.82, 2.24) is 15.1 Å². The molecule has 2 aliphatic rings. The number of nitrogens with one attached hydrogen (secondary N) is 1. The van der Waals surface area contributed by atoms with Crippen molar-refractivity contribution < 1.29 is 32.3 Å². The Balaban J connectivity index is 1.70. The van der Waals surface area contributed by atoms with Gasteiger partial charge in [0.05, 0.1) is 18.6 Å². The van der Waals surface area contributed by atoms with Crippen LogP contribution < -0.4 is 5.32 Å². The minimum atomic E-state index is -4.57. The zero-order valence-electron chi connectivity index (χ0n) is 19.9. The number of amides is 2. The lowest BCUT2D eigenvalue weighted by molar-refractivity contribution is -0.152. The summed E-state index contributed by atoms with van der Waals surface area (Å²) in [6.45, 7) is 4.52. The van der Waals surface area contributed by atoms with Gasteiger partial charge in [0, 0.05) is 30.2 Å². The van der Waals surface area contributed by atoms with Gasteiger partial charge in [0.25, 0.3) is 5.91 Å². The molecule has 1 aromatic rings. The van der Waals surface area contributed by atoms with Crippen LogP contribution >= 0.6 is 0 Å². The Morgan fingerprint density at radius 3 is 2.53 bits per heavy atom. The van der Waals surface area contributed by atoms with E-state index in [1.54, 1.807) is 4.90 Å². The number of alkyl halides is 3. The summed E-state index contributed by atoms with van der Waals surface area (Å²) in [5.74, 6) is -1.91. The molecule has 0 bridgehead atoms. The first-order valence-electron chi connectivity index (χ1n) is 11.5. The number of nitrogens with zero attached hydrogens (tertiary/aromatic N) is 2. The van der Waals surface area contributed by atoms with Gasteiger partial charge in [-0.3, -0.25) is 14.4 Å². The highest BCUT2D eigenvalue weighted by Gasteiger charge is 2.45. The normalized spacial score (nSPS) is 25.7. The molecule has 0 unspecified atom stereocenters. The summed E-state index contributed by atoms with van der Waals surface area (Å²) in [6, 6.07) is 3.41. The molecule has 1 aromatic carbocycles. The number of benzene rings is 1. The number of carbonyl (C=O) groups is 3. The second-order valence-corrected chi connectivity index (χ2v) is 9.35. The van der Waals surface area contributed by atoms with E-state index in [9.17, 15) is 27.6 Å². The quantitative estimate of drug-likeness (QED) is 0.630. The summed E-state index contributed by atoms with van der Waals surface area (Å²) in [5, 5.41) is 2.57. The van der Waals surface area contributed by atoms with Crippen LogP contribution in [0.3, 0.4) is 0 Å². The molecule has 1 saturated carbocycles. The first kappa shape index (κ1) is 26.0. The maximum Gasteiger partial charge on any atom is 0.416 e. The van der Waals surface area contributed by atoms with Crippen molar-refractivity contribution in [2.45, 2.75) is 69.9 Å². The SMILES string of the molecule is COC(=O)[C@H]1C[C@H](N(C)C(C)C)CC[C@@H]1N1CC[C@H](NC(=O)c2cccc(C(F)(F)F)c2)C1=O. The minimum absolute atomic E-state index is 0.161. The van der Waals surface area contributed by atoms with Crippen molar-refractivity contribution in [2.24, 2.45) is 5.92 Å². The maximum absolute atomic E-state index is 13.1. The van der Waals surface area contributed by atoms with E-state index in [2.05, 4.69) is 24.1 Å². The Bertz CT molecular complexity index is 921. The highest BCUT2D eigenvalue weighted by Crippen LogP contribution is 2.35. The Kier molecular flexibility index (Phi) is 7.90. The van der Waals surface area contributed by atoms with Crippen LogP contribution in [0, 0.1) is 5.92 Å². The molecule has 188 valence electrons. The van der Waals surface area contributed by atoms with Gasteiger partial charge in [-0.1, -0.05) is 6.07 Å². The highest BCUT2D eigenvalue weighted by atomic mass is 19.4. The van der Waals surface area contributed by atoms with Crippen LogP contribution in [0.5, 0.6) is 0 Å². The molecule has 34 heavy (non-hydrogen) atoms. The van der Waals surface area contributed by atoms with E-state index >= 15 is 0 Å². The van der Waals surface area contributed by atoms with Gasteiger partial charge in [-0.2, -0.15) is 13.2 Å². The number of hydrogen-bond acceptors (Lipinski definition) is 5. The lowest BCUT2D eigenvalue weighted by Crippen LogP contribution is -2.53. The topological polar surface area (TPSA) is 79.0 Å². The second kappa shape index (κ2) is 10.3. The van der Waals surface area contributed by atoms with Crippen LogP contribution in [0.25, 0.3) is 0 Å². The first-order valence-corrected chi connectivity index (χ1v) is 11.5. The number of ether oxygens (including phenoxy) is 1. The predicted octanol–water partition coefficient (Wildman–Crippen LogP) is 3.09. The van der Waals surface area contributed by atoms with Crippen molar-refractivity contribution in [1.29, 1.82) is 0 Å². The van der Waals surface area contributed by atoms with E-state index in [4.69, 9.17) is 4.74 Å². The Morgan fingerprint density at radius 1 is 1.21 bits per heavy atom. The maximum atomic E-state index is 13.1. The molecular weight excluding hydrogens is 451 g/mol. The highest BCUT2D eigenvalue weighted by molar-refractivity contribution is 5.98. The fourth-order valence-electron chi connectivity index (χ4n) is 4.95. The predicted molar refractivity (Wildman–Crippen MR) is 119 cm³/mol. The molecule has 3 rings (SSSR count). The summed E-state index contributed by atoms with van der Waals surface area (Å²) < 4.78 is 44.0. The fourth-order valence-corrected chi connectivity index (χ4v) is 4.95. The van der Waals surface area contributed by atoms with Crippen LogP contribution in [0.2, 0.25) is 0 Å². The van der Waals surface area contributed by atoms with Crippen LogP contribution in [-0.4, -0.2) is 72.5 Å². The Hall–Kier alpha value is -2.62. The van der Waals surface area contributed by atoms with Crippen LogP contribution in [0.1, 0.15) is 55.5 Å². The number of halogens is 3. The summed E-state index contributed by atoms with van der Waals surface area (Å²) in [6.07, 6.45) is -2.23. The molecule has 10 heteroatoms. The van der Waals surface area contributed by atoms with Gasteiger partial charge in [0.1, 0.15) is 6.04 Å². The number of methoxy groups -OCH3 is 1. The van der Waals surface area contributed by atoms with Crippen molar-refractivity contribution in [2.75, 3.05) is 20.7 Å². The van der Waals surface area contributed by atoms with Crippen molar-refractivity contribution >= 4 is 17.8 Å². The number of carbonyl (C=O) groups excluding carboxylic acids is 3. The van der Waals surface area contributed by atoms with Gasteiger partial charge in [0.15, 0.2) is 0 Å². The van der Waals surface area contributed by atoms with Crippen LogP contribution in [0.4, 0.5) is 13.2 Å².